The quantitative estimate of drug-likeness (QED) is 0.803. The lowest BCUT2D eigenvalue weighted by Gasteiger charge is -2.22. The second-order valence-electron chi connectivity index (χ2n) is 6.19. The maximum Gasteiger partial charge on any atom is 0.0542 e. The van der Waals surface area contributed by atoms with Crippen LogP contribution in [0.15, 0.2) is 42.5 Å². The summed E-state index contributed by atoms with van der Waals surface area (Å²) in [5.74, 6) is 0.790. The number of rotatable bonds is 4. The fraction of sp³-hybridized carbons (Fsp3) is 0.368. The molecule has 1 fully saturated rings. The molecule has 0 bridgehead atoms. The topological polar surface area (TPSA) is 12.0 Å². The molecule has 0 aromatic heterocycles. The molecule has 1 nitrogen and oxygen atoms in total. The summed E-state index contributed by atoms with van der Waals surface area (Å²) in [6.45, 7) is 6.48. The Morgan fingerprint density at radius 1 is 0.900 bits per heavy atom. The first-order valence-electron chi connectivity index (χ1n) is 7.54. The van der Waals surface area contributed by atoms with E-state index in [2.05, 4.69) is 68.6 Å². The summed E-state index contributed by atoms with van der Waals surface area (Å²) < 4.78 is 0. The number of nitrogens with one attached hydrogen (secondary N) is 1. The summed E-state index contributed by atoms with van der Waals surface area (Å²) >= 11 is 0. The van der Waals surface area contributed by atoms with Crippen molar-refractivity contribution in [2.45, 2.75) is 39.7 Å². The van der Waals surface area contributed by atoms with Gasteiger partial charge in [-0.1, -0.05) is 47.5 Å². The van der Waals surface area contributed by atoms with Crippen LogP contribution in [0.4, 0.5) is 5.69 Å². The maximum atomic E-state index is 3.77. The Labute approximate surface area is 122 Å². The van der Waals surface area contributed by atoms with E-state index in [1.807, 2.05) is 0 Å². The molecule has 3 rings (SSSR count). The van der Waals surface area contributed by atoms with E-state index >= 15 is 0 Å². The van der Waals surface area contributed by atoms with E-state index in [0.717, 1.165) is 5.92 Å². The Balaban J connectivity index is 1.86. The molecule has 1 saturated carbocycles. The molecule has 1 aliphatic carbocycles. The predicted octanol–water partition coefficient (Wildman–Crippen LogP) is 5.18. The van der Waals surface area contributed by atoms with E-state index in [0.29, 0.717) is 6.04 Å². The molecule has 0 amide bonds. The van der Waals surface area contributed by atoms with E-state index in [-0.39, 0.29) is 0 Å². The molecule has 1 heteroatoms. The average Bonchev–Trinajstić information content (AvgIpc) is 3.24. The van der Waals surface area contributed by atoms with E-state index in [4.69, 9.17) is 0 Å². The fourth-order valence-electron chi connectivity index (χ4n) is 2.82. The van der Waals surface area contributed by atoms with Gasteiger partial charge in [0.05, 0.1) is 6.04 Å². The number of benzene rings is 2. The monoisotopic (exact) mass is 265 g/mol. The number of aryl methyl sites for hydroxylation is 3. The van der Waals surface area contributed by atoms with Gasteiger partial charge >= 0.3 is 0 Å². The molecule has 0 spiro atoms. The van der Waals surface area contributed by atoms with Gasteiger partial charge in [-0.2, -0.15) is 0 Å². The Morgan fingerprint density at radius 2 is 1.55 bits per heavy atom. The van der Waals surface area contributed by atoms with E-state index in [1.54, 1.807) is 0 Å². The van der Waals surface area contributed by atoms with Crippen LogP contribution >= 0.6 is 0 Å². The molecule has 2 aromatic rings. The highest BCUT2D eigenvalue weighted by Gasteiger charge is 2.32. The zero-order valence-corrected chi connectivity index (χ0v) is 12.6. The molecule has 1 atom stereocenters. The Morgan fingerprint density at radius 3 is 2.15 bits per heavy atom. The fourth-order valence-corrected chi connectivity index (χ4v) is 2.82. The lowest BCUT2D eigenvalue weighted by Crippen LogP contribution is -2.13. The molecule has 1 aliphatic rings. The summed E-state index contributed by atoms with van der Waals surface area (Å²) in [4.78, 5) is 0. The molecule has 2 aromatic carbocycles. The van der Waals surface area contributed by atoms with Crippen LogP contribution in [-0.4, -0.2) is 0 Å². The van der Waals surface area contributed by atoms with Crippen molar-refractivity contribution in [3.63, 3.8) is 0 Å². The van der Waals surface area contributed by atoms with E-state index < -0.39 is 0 Å². The smallest absolute Gasteiger partial charge is 0.0542 e. The molecular formula is C19H23N. The minimum Gasteiger partial charge on any atom is -0.378 e. The van der Waals surface area contributed by atoms with Gasteiger partial charge in [-0.05, 0) is 56.7 Å². The van der Waals surface area contributed by atoms with Crippen molar-refractivity contribution in [2.24, 2.45) is 5.92 Å². The minimum absolute atomic E-state index is 0.456. The zero-order chi connectivity index (χ0) is 14.1. The summed E-state index contributed by atoms with van der Waals surface area (Å²) in [7, 11) is 0. The van der Waals surface area contributed by atoms with Crippen LogP contribution in [0.2, 0.25) is 0 Å². The molecule has 0 aliphatic heterocycles. The first-order valence-corrected chi connectivity index (χ1v) is 7.54. The second kappa shape index (κ2) is 5.32. The van der Waals surface area contributed by atoms with Crippen molar-refractivity contribution in [1.29, 1.82) is 0 Å². The van der Waals surface area contributed by atoms with Crippen LogP contribution in [0.1, 0.15) is 41.1 Å². The van der Waals surface area contributed by atoms with Gasteiger partial charge in [-0.3, -0.25) is 0 Å². The van der Waals surface area contributed by atoms with Gasteiger partial charge in [-0.25, -0.2) is 0 Å². The zero-order valence-electron chi connectivity index (χ0n) is 12.6. The van der Waals surface area contributed by atoms with Crippen LogP contribution in [0.5, 0.6) is 0 Å². The minimum atomic E-state index is 0.456. The SMILES string of the molecule is Cc1ccc(C(Nc2ccc(C)cc2C)C2CC2)cc1. The first kappa shape index (κ1) is 13.2. The molecule has 0 heterocycles. The van der Waals surface area contributed by atoms with Gasteiger partial charge in [0.25, 0.3) is 0 Å². The number of hydrogen-bond donors (Lipinski definition) is 1. The van der Waals surface area contributed by atoms with Gasteiger partial charge in [-0.15, -0.1) is 0 Å². The van der Waals surface area contributed by atoms with Crippen molar-refractivity contribution in [3.8, 4) is 0 Å². The Hall–Kier alpha value is -1.76. The summed E-state index contributed by atoms with van der Waals surface area (Å²) in [6, 6.07) is 16.1. The highest BCUT2D eigenvalue weighted by atomic mass is 14.9. The van der Waals surface area contributed by atoms with Gasteiger partial charge in [0, 0.05) is 5.69 Å². The molecule has 0 radical (unpaired) electrons. The first-order chi connectivity index (χ1) is 9.63. The maximum absolute atomic E-state index is 3.77. The van der Waals surface area contributed by atoms with Crippen molar-refractivity contribution >= 4 is 5.69 Å². The molecular weight excluding hydrogens is 242 g/mol. The van der Waals surface area contributed by atoms with Gasteiger partial charge in [0.15, 0.2) is 0 Å². The second-order valence-corrected chi connectivity index (χ2v) is 6.19. The van der Waals surface area contributed by atoms with Crippen molar-refractivity contribution in [2.75, 3.05) is 5.32 Å². The van der Waals surface area contributed by atoms with Gasteiger partial charge in [0.1, 0.15) is 0 Å². The summed E-state index contributed by atoms with van der Waals surface area (Å²) in [6.07, 6.45) is 2.69. The third kappa shape index (κ3) is 2.87. The highest BCUT2D eigenvalue weighted by molar-refractivity contribution is 5.54. The van der Waals surface area contributed by atoms with Crippen LogP contribution < -0.4 is 5.32 Å². The van der Waals surface area contributed by atoms with Crippen LogP contribution in [-0.2, 0) is 0 Å². The van der Waals surface area contributed by atoms with Crippen molar-refractivity contribution in [1.82, 2.24) is 0 Å². The third-order valence-corrected chi connectivity index (χ3v) is 4.22. The average molecular weight is 265 g/mol. The molecule has 1 N–H and O–H groups in total. The summed E-state index contributed by atoms with van der Waals surface area (Å²) in [5, 5.41) is 3.77. The Bertz CT molecular complexity index is 594. The van der Waals surface area contributed by atoms with Gasteiger partial charge < -0.3 is 5.32 Å². The Kier molecular flexibility index (Phi) is 3.52. The standard InChI is InChI=1S/C19H23N/c1-13-4-7-16(8-5-13)19(17-9-10-17)20-18-11-6-14(2)12-15(18)3/h4-8,11-12,17,19-20H,9-10H2,1-3H3. The van der Waals surface area contributed by atoms with Gasteiger partial charge in [0.2, 0.25) is 0 Å². The highest BCUT2D eigenvalue weighted by Crippen LogP contribution is 2.43. The number of hydrogen-bond acceptors (Lipinski definition) is 1. The predicted molar refractivity (Wildman–Crippen MR) is 86.2 cm³/mol. The molecule has 0 saturated heterocycles. The van der Waals surface area contributed by atoms with Crippen molar-refractivity contribution < 1.29 is 0 Å². The number of anilines is 1. The van der Waals surface area contributed by atoms with Crippen LogP contribution in [0, 0.1) is 26.7 Å². The van der Waals surface area contributed by atoms with E-state index in [9.17, 15) is 0 Å². The molecule has 104 valence electrons. The van der Waals surface area contributed by atoms with Crippen molar-refractivity contribution in [3.05, 3.63) is 64.7 Å². The molecule has 20 heavy (non-hydrogen) atoms. The summed E-state index contributed by atoms with van der Waals surface area (Å²) in [5.41, 5.74) is 6.68. The van der Waals surface area contributed by atoms with E-state index in [1.165, 1.54) is 40.8 Å². The lowest BCUT2D eigenvalue weighted by atomic mass is 10.00. The third-order valence-electron chi connectivity index (χ3n) is 4.22. The molecule has 1 unspecified atom stereocenters. The lowest BCUT2D eigenvalue weighted by molar-refractivity contribution is 0.678. The largest absolute Gasteiger partial charge is 0.378 e. The normalized spacial score (nSPS) is 15.9. The van der Waals surface area contributed by atoms with Crippen LogP contribution in [0.25, 0.3) is 0 Å². The van der Waals surface area contributed by atoms with Crippen LogP contribution in [0.3, 0.4) is 0 Å².